The van der Waals surface area contributed by atoms with Crippen LogP contribution >= 0.6 is 0 Å². The summed E-state index contributed by atoms with van der Waals surface area (Å²) in [6.45, 7) is 6.98. The number of nitrogens with zero attached hydrogens (tertiary/aromatic N) is 1. The lowest BCUT2D eigenvalue weighted by Crippen LogP contribution is -2.47. The van der Waals surface area contributed by atoms with E-state index in [1.54, 1.807) is 0 Å². The third-order valence-electron chi connectivity index (χ3n) is 4.42. The van der Waals surface area contributed by atoms with Crippen molar-refractivity contribution in [2.45, 2.75) is 32.7 Å². The highest BCUT2D eigenvalue weighted by molar-refractivity contribution is 5.96. The average molecular weight is 335 g/mol. The summed E-state index contributed by atoms with van der Waals surface area (Å²) in [7, 11) is 0. The van der Waals surface area contributed by atoms with Crippen molar-refractivity contribution in [2.24, 2.45) is 5.92 Å². The molecule has 6 heteroatoms. The van der Waals surface area contributed by atoms with Gasteiger partial charge in [0.2, 0.25) is 5.91 Å². The first kappa shape index (κ1) is 18.4. The highest BCUT2D eigenvalue weighted by atomic mass is 19.1. The summed E-state index contributed by atoms with van der Waals surface area (Å²) >= 11 is 0. The van der Waals surface area contributed by atoms with Crippen LogP contribution in [0.15, 0.2) is 24.3 Å². The molecule has 1 aliphatic rings. The molecule has 1 fully saturated rings. The molecule has 1 aromatic rings. The lowest BCUT2D eigenvalue weighted by Gasteiger charge is -2.35. The average Bonchev–Trinajstić information content (AvgIpc) is 2.58. The maximum Gasteiger partial charge on any atom is 0.251 e. The molecular formula is C18H26FN3O2. The summed E-state index contributed by atoms with van der Waals surface area (Å²) < 4.78 is 12.8. The fourth-order valence-electron chi connectivity index (χ4n) is 2.94. The van der Waals surface area contributed by atoms with Gasteiger partial charge in [0.25, 0.3) is 5.91 Å². The van der Waals surface area contributed by atoms with E-state index < -0.39 is 5.82 Å². The van der Waals surface area contributed by atoms with Crippen molar-refractivity contribution in [1.82, 2.24) is 15.5 Å². The molecule has 1 saturated heterocycles. The number of halogens is 1. The number of amides is 2. The maximum atomic E-state index is 12.8. The lowest BCUT2D eigenvalue weighted by molar-refractivity contribution is -0.120. The van der Waals surface area contributed by atoms with Gasteiger partial charge in [-0.25, -0.2) is 4.39 Å². The predicted octanol–water partition coefficient (Wildman–Crippen LogP) is 1.79. The summed E-state index contributed by atoms with van der Waals surface area (Å²) in [6.07, 6.45) is 2.47. The minimum Gasteiger partial charge on any atom is -0.353 e. The summed E-state index contributed by atoms with van der Waals surface area (Å²) in [5.41, 5.74) is 0.333. The van der Waals surface area contributed by atoms with E-state index in [0.717, 1.165) is 13.1 Å². The number of hydrogen-bond acceptors (Lipinski definition) is 3. The van der Waals surface area contributed by atoms with Crippen LogP contribution < -0.4 is 10.6 Å². The van der Waals surface area contributed by atoms with Gasteiger partial charge in [0.1, 0.15) is 5.82 Å². The molecule has 2 rings (SSSR count). The van der Waals surface area contributed by atoms with Crippen molar-refractivity contribution in [3.8, 4) is 0 Å². The van der Waals surface area contributed by atoms with Crippen molar-refractivity contribution in [3.63, 3.8) is 0 Å². The first-order valence-corrected chi connectivity index (χ1v) is 8.50. The Hall–Kier alpha value is -1.95. The Bertz CT molecular complexity index is 562. The van der Waals surface area contributed by atoms with E-state index in [4.69, 9.17) is 0 Å². The number of rotatable bonds is 6. The van der Waals surface area contributed by atoms with E-state index in [2.05, 4.69) is 29.4 Å². The van der Waals surface area contributed by atoms with Crippen LogP contribution in [0.4, 0.5) is 4.39 Å². The Kier molecular flexibility index (Phi) is 6.73. The minimum absolute atomic E-state index is 0.0840. The second-order valence-electron chi connectivity index (χ2n) is 6.59. The number of likely N-dealkylation sites (tertiary alicyclic amines) is 1. The molecule has 132 valence electrons. The molecule has 0 saturated carbocycles. The molecule has 1 heterocycles. The second-order valence-corrected chi connectivity index (χ2v) is 6.59. The highest BCUT2D eigenvalue weighted by Gasteiger charge is 2.21. The predicted molar refractivity (Wildman–Crippen MR) is 91.2 cm³/mol. The number of carbonyl (C=O) groups excluding carboxylic acids is 2. The molecule has 0 aliphatic carbocycles. The van der Waals surface area contributed by atoms with E-state index in [-0.39, 0.29) is 24.4 Å². The van der Waals surface area contributed by atoms with E-state index in [1.165, 1.54) is 37.1 Å². The number of piperidine rings is 1. The fourth-order valence-corrected chi connectivity index (χ4v) is 2.94. The van der Waals surface area contributed by atoms with Crippen LogP contribution in [0.2, 0.25) is 0 Å². The minimum atomic E-state index is -0.398. The van der Waals surface area contributed by atoms with Gasteiger partial charge in [-0.1, -0.05) is 6.92 Å². The molecule has 0 bridgehead atoms. The Labute approximate surface area is 142 Å². The quantitative estimate of drug-likeness (QED) is 0.833. The van der Waals surface area contributed by atoms with Gasteiger partial charge >= 0.3 is 0 Å². The van der Waals surface area contributed by atoms with Crippen LogP contribution in [-0.4, -0.2) is 48.9 Å². The van der Waals surface area contributed by atoms with E-state index >= 15 is 0 Å². The summed E-state index contributed by atoms with van der Waals surface area (Å²) in [6, 6.07) is 5.50. The summed E-state index contributed by atoms with van der Waals surface area (Å²) in [4.78, 5) is 26.1. The van der Waals surface area contributed by atoms with Crippen molar-refractivity contribution < 1.29 is 14.0 Å². The molecule has 2 N–H and O–H groups in total. The van der Waals surface area contributed by atoms with E-state index in [1.807, 2.05) is 0 Å². The summed E-state index contributed by atoms with van der Waals surface area (Å²) in [5.74, 6) is -0.303. The first-order chi connectivity index (χ1) is 11.5. The maximum absolute atomic E-state index is 12.8. The molecule has 0 radical (unpaired) electrons. The van der Waals surface area contributed by atoms with Crippen LogP contribution in [0, 0.1) is 11.7 Å². The van der Waals surface area contributed by atoms with E-state index in [0.29, 0.717) is 18.0 Å². The normalized spacial score (nSPS) is 19.5. The number of carbonyl (C=O) groups is 2. The third-order valence-corrected chi connectivity index (χ3v) is 4.42. The largest absolute Gasteiger partial charge is 0.353 e. The van der Waals surface area contributed by atoms with Gasteiger partial charge in [0, 0.05) is 24.7 Å². The van der Waals surface area contributed by atoms with Gasteiger partial charge in [0.15, 0.2) is 0 Å². The van der Waals surface area contributed by atoms with E-state index in [9.17, 15) is 14.0 Å². The summed E-state index contributed by atoms with van der Waals surface area (Å²) in [5, 5.41) is 5.40. The first-order valence-electron chi connectivity index (χ1n) is 8.50. The molecular weight excluding hydrogens is 309 g/mol. The van der Waals surface area contributed by atoms with Crippen molar-refractivity contribution in [3.05, 3.63) is 35.6 Å². The van der Waals surface area contributed by atoms with Gasteiger partial charge in [-0.2, -0.15) is 0 Å². The molecule has 5 nitrogen and oxygen atoms in total. The topological polar surface area (TPSA) is 61.4 Å². The van der Waals surface area contributed by atoms with Gasteiger partial charge in [-0.3, -0.25) is 14.5 Å². The molecule has 0 unspecified atom stereocenters. The van der Waals surface area contributed by atoms with Crippen LogP contribution in [-0.2, 0) is 4.79 Å². The number of nitrogens with one attached hydrogen (secondary N) is 2. The molecule has 2 amide bonds. The highest BCUT2D eigenvalue weighted by Crippen LogP contribution is 2.17. The Balaban J connectivity index is 1.69. The Morgan fingerprint density at radius 3 is 2.67 bits per heavy atom. The van der Waals surface area contributed by atoms with Crippen LogP contribution in [0.25, 0.3) is 0 Å². The Morgan fingerprint density at radius 2 is 2.00 bits per heavy atom. The third kappa shape index (κ3) is 5.60. The Morgan fingerprint density at radius 1 is 1.29 bits per heavy atom. The van der Waals surface area contributed by atoms with Gasteiger partial charge in [0.05, 0.1) is 6.54 Å². The standard InChI is InChI=1S/C18H26FN3O2/c1-13-4-3-9-22(12-13)14(2)10-20-17(23)11-21-18(24)15-5-7-16(19)8-6-15/h5-8,13-14H,3-4,9-12H2,1-2H3,(H,20,23)(H,21,24)/t13-,14-/m0/s1. The smallest absolute Gasteiger partial charge is 0.251 e. The molecule has 0 aromatic heterocycles. The van der Waals surface area contributed by atoms with Crippen LogP contribution in [0.5, 0.6) is 0 Å². The number of benzene rings is 1. The van der Waals surface area contributed by atoms with Crippen LogP contribution in [0.3, 0.4) is 0 Å². The van der Waals surface area contributed by atoms with Gasteiger partial charge in [-0.15, -0.1) is 0 Å². The number of hydrogen-bond donors (Lipinski definition) is 2. The molecule has 0 spiro atoms. The lowest BCUT2D eigenvalue weighted by atomic mass is 9.99. The zero-order valence-electron chi connectivity index (χ0n) is 14.3. The molecule has 1 aliphatic heterocycles. The molecule has 2 atom stereocenters. The van der Waals surface area contributed by atoms with Crippen LogP contribution in [0.1, 0.15) is 37.0 Å². The monoisotopic (exact) mass is 335 g/mol. The van der Waals surface area contributed by atoms with Crippen molar-refractivity contribution in [2.75, 3.05) is 26.2 Å². The second kappa shape index (κ2) is 8.78. The zero-order valence-corrected chi connectivity index (χ0v) is 14.3. The SMILES string of the molecule is C[C@H]1CCCN([C@@H](C)CNC(=O)CNC(=O)c2ccc(F)cc2)C1. The molecule has 24 heavy (non-hydrogen) atoms. The van der Waals surface area contributed by atoms with Crippen molar-refractivity contribution in [1.29, 1.82) is 0 Å². The molecule has 1 aromatic carbocycles. The van der Waals surface area contributed by atoms with Gasteiger partial charge < -0.3 is 10.6 Å². The fraction of sp³-hybridized carbons (Fsp3) is 0.556. The van der Waals surface area contributed by atoms with Crippen molar-refractivity contribution >= 4 is 11.8 Å². The zero-order chi connectivity index (χ0) is 17.5. The van der Waals surface area contributed by atoms with Gasteiger partial charge in [-0.05, 0) is 56.5 Å².